The molecule has 2 aliphatic rings. The average Bonchev–Trinajstić information content (AvgIpc) is 2.96. The number of nitrogen functional groups attached to an aromatic ring is 1. The summed E-state index contributed by atoms with van der Waals surface area (Å²) in [5, 5.41) is 22.4. The highest BCUT2D eigenvalue weighted by atomic mass is 32.2. The first kappa shape index (κ1) is 16.2. The number of nitrogens with zero attached hydrogens (tertiary/aromatic N) is 5. The summed E-state index contributed by atoms with van der Waals surface area (Å²) in [7, 11) is 0. The zero-order valence-electron chi connectivity index (χ0n) is 12.5. The minimum atomic E-state index is -1.16. The standard InChI is InChI=1S/C12H15N7O4S/c1-2-12(10(22)23)4-18-8(21)7(9(18)24-5-12)14-6(20)3-19-16-11(13)15-17-19/h2,7,9H,1,3-5H2,(H2,13,16)(H,14,20)(H,22,23)/t7?,9-,12?/m1/s1. The number of fused-ring (bicyclic) bond motifs is 1. The van der Waals surface area contributed by atoms with Gasteiger partial charge in [-0.15, -0.1) is 23.4 Å². The second kappa shape index (κ2) is 5.78. The van der Waals surface area contributed by atoms with E-state index in [9.17, 15) is 19.5 Å². The van der Waals surface area contributed by atoms with Crippen LogP contribution in [0.1, 0.15) is 0 Å². The lowest BCUT2D eigenvalue weighted by Gasteiger charge is -2.53. The first-order chi connectivity index (χ1) is 11.4. The first-order valence-corrected chi connectivity index (χ1v) is 8.03. The summed E-state index contributed by atoms with van der Waals surface area (Å²) < 4.78 is 0. The summed E-state index contributed by atoms with van der Waals surface area (Å²) in [5.41, 5.74) is 4.15. The summed E-state index contributed by atoms with van der Waals surface area (Å²) in [6, 6.07) is -0.694. The number of aliphatic carboxylic acids is 1. The highest BCUT2D eigenvalue weighted by Gasteiger charge is 2.56. The third kappa shape index (κ3) is 2.58. The number of nitrogens with one attached hydrogen (secondary N) is 1. The van der Waals surface area contributed by atoms with Crippen molar-refractivity contribution in [1.82, 2.24) is 30.4 Å². The predicted molar refractivity (Wildman–Crippen MR) is 82.4 cm³/mol. The molecule has 0 aliphatic carbocycles. The number of carbonyl (C=O) groups excluding carboxylic acids is 2. The number of hydrogen-bond donors (Lipinski definition) is 3. The van der Waals surface area contributed by atoms with Crippen molar-refractivity contribution in [2.75, 3.05) is 18.0 Å². The lowest BCUT2D eigenvalue weighted by atomic mass is 9.87. The molecule has 0 spiro atoms. The largest absolute Gasteiger partial charge is 0.481 e. The van der Waals surface area contributed by atoms with Gasteiger partial charge in [0.2, 0.25) is 11.8 Å². The van der Waals surface area contributed by atoms with E-state index in [0.717, 1.165) is 4.80 Å². The molecule has 1 aromatic rings. The van der Waals surface area contributed by atoms with Crippen molar-refractivity contribution in [3.8, 4) is 0 Å². The number of β-lactam (4-membered cyclic amide) rings is 1. The quantitative estimate of drug-likeness (QED) is 0.399. The number of aromatic nitrogens is 4. The lowest BCUT2D eigenvalue weighted by Crippen LogP contribution is -2.73. The summed E-state index contributed by atoms with van der Waals surface area (Å²) >= 11 is 1.30. The molecule has 1 aromatic heterocycles. The van der Waals surface area contributed by atoms with Gasteiger partial charge < -0.3 is 21.1 Å². The number of carboxylic acids is 1. The average molecular weight is 353 g/mol. The van der Waals surface area contributed by atoms with Crippen molar-refractivity contribution in [3.05, 3.63) is 12.7 Å². The van der Waals surface area contributed by atoms with Gasteiger partial charge in [-0.2, -0.15) is 4.80 Å². The lowest BCUT2D eigenvalue weighted by molar-refractivity contribution is -0.156. The minimum absolute atomic E-state index is 0.0500. The molecule has 2 fully saturated rings. The van der Waals surface area contributed by atoms with E-state index >= 15 is 0 Å². The monoisotopic (exact) mass is 353 g/mol. The van der Waals surface area contributed by atoms with Crippen LogP contribution < -0.4 is 11.1 Å². The predicted octanol–water partition coefficient (Wildman–Crippen LogP) is -2.09. The Balaban J connectivity index is 1.61. The van der Waals surface area contributed by atoms with Gasteiger partial charge >= 0.3 is 5.97 Å². The van der Waals surface area contributed by atoms with Gasteiger partial charge in [0.05, 0.1) is 0 Å². The number of carbonyl (C=O) groups is 3. The van der Waals surface area contributed by atoms with E-state index in [1.807, 2.05) is 0 Å². The number of thioether (sulfide) groups is 1. The Bertz CT molecular complexity index is 722. The maximum absolute atomic E-state index is 12.2. The highest BCUT2D eigenvalue weighted by Crippen LogP contribution is 2.42. The molecule has 2 amide bonds. The molecule has 0 saturated carbocycles. The van der Waals surface area contributed by atoms with Crippen LogP contribution in [0.5, 0.6) is 0 Å². The Morgan fingerprint density at radius 3 is 2.92 bits per heavy atom. The van der Waals surface area contributed by atoms with E-state index in [4.69, 9.17) is 5.73 Å². The number of hydrogen-bond acceptors (Lipinski definition) is 8. The minimum Gasteiger partial charge on any atom is -0.481 e. The van der Waals surface area contributed by atoms with Crippen LogP contribution in [0.25, 0.3) is 0 Å². The third-order valence-electron chi connectivity index (χ3n) is 3.99. The SMILES string of the molecule is C=CC1(C(=O)O)CS[C@@H]2C(NC(=O)Cn3nnc(N)n3)C(=O)N2C1. The molecule has 2 saturated heterocycles. The fraction of sp³-hybridized carbons (Fsp3) is 0.500. The van der Waals surface area contributed by atoms with Crippen LogP contribution >= 0.6 is 11.8 Å². The molecule has 0 aromatic carbocycles. The van der Waals surface area contributed by atoms with Crippen LogP contribution in [0.3, 0.4) is 0 Å². The van der Waals surface area contributed by atoms with Crippen molar-refractivity contribution < 1.29 is 19.5 Å². The molecule has 4 N–H and O–H groups in total. The van der Waals surface area contributed by atoms with Crippen LogP contribution in [-0.2, 0) is 20.9 Å². The smallest absolute Gasteiger partial charge is 0.316 e. The van der Waals surface area contributed by atoms with E-state index in [1.54, 1.807) is 0 Å². The van der Waals surface area contributed by atoms with Crippen LogP contribution in [0, 0.1) is 5.41 Å². The molecular weight excluding hydrogens is 338 g/mol. The summed E-state index contributed by atoms with van der Waals surface area (Å²) in [5.74, 6) is -1.55. The maximum atomic E-state index is 12.2. The Morgan fingerprint density at radius 2 is 2.33 bits per heavy atom. The van der Waals surface area contributed by atoms with Crippen molar-refractivity contribution in [2.24, 2.45) is 5.41 Å². The molecule has 3 heterocycles. The van der Waals surface area contributed by atoms with Crippen LogP contribution in [0.2, 0.25) is 0 Å². The summed E-state index contributed by atoms with van der Waals surface area (Å²) in [4.78, 5) is 38.1. The van der Waals surface area contributed by atoms with Crippen LogP contribution in [0.15, 0.2) is 12.7 Å². The van der Waals surface area contributed by atoms with Gasteiger partial charge in [-0.25, -0.2) is 0 Å². The van der Waals surface area contributed by atoms with Crippen molar-refractivity contribution in [3.63, 3.8) is 0 Å². The van der Waals surface area contributed by atoms with Crippen molar-refractivity contribution in [1.29, 1.82) is 0 Å². The van der Waals surface area contributed by atoms with Gasteiger partial charge in [0.1, 0.15) is 23.4 Å². The molecule has 2 aliphatic heterocycles. The Hall–Kier alpha value is -2.63. The molecule has 128 valence electrons. The van der Waals surface area contributed by atoms with E-state index in [1.165, 1.54) is 22.7 Å². The number of amides is 2. The van der Waals surface area contributed by atoms with E-state index < -0.39 is 23.3 Å². The second-order valence-electron chi connectivity index (χ2n) is 5.56. The Labute approximate surface area is 140 Å². The topological polar surface area (TPSA) is 156 Å². The number of nitrogens with two attached hydrogens (primary N) is 1. The van der Waals surface area contributed by atoms with Gasteiger partial charge in [-0.1, -0.05) is 11.2 Å². The third-order valence-corrected chi connectivity index (χ3v) is 5.54. The number of rotatable bonds is 5. The number of carboxylic acid groups (broad SMARTS) is 1. The maximum Gasteiger partial charge on any atom is 0.316 e. The molecular formula is C12H15N7O4S. The molecule has 0 radical (unpaired) electrons. The van der Waals surface area contributed by atoms with Crippen molar-refractivity contribution >= 4 is 35.5 Å². The molecule has 11 nitrogen and oxygen atoms in total. The van der Waals surface area contributed by atoms with Crippen molar-refractivity contribution in [2.45, 2.75) is 18.0 Å². The molecule has 2 unspecified atom stereocenters. The molecule has 3 atom stereocenters. The van der Waals surface area contributed by atoms with E-state index in [2.05, 4.69) is 27.3 Å². The Morgan fingerprint density at radius 1 is 1.58 bits per heavy atom. The van der Waals surface area contributed by atoms with E-state index in [0.29, 0.717) is 0 Å². The molecule has 3 rings (SSSR count). The molecule has 12 heteroatoms. The second-order valence-corrected chi connectivity index (χ2v) is 6.66. The normalized spacial score (nSPS) is 28.7. The van der Waals surface area contributed by atoms with E-state index in [-0.39, 0.29) is 36.1 Å². The zero-order chi connectivity index (χ0) is 17.5. The highest BCUT2D eigenvalue weighted by molar-refractivity contribution is 8.00. The fourth-order valence-corrected chi connectivity index (χ4v) is 4.14. The van der Waals surface area contributed by atoms with Crippen LogP contribution in [-0.4, -0.2) is 71.7 Å². The van der Waals surface area contributed by atoms with Gasteiger partial charge in [-0.3, -0.25) is 14.4 Å². The summed E-state index contributed by atoms with van der Waals surface area (Å²) in [6.45, 7) is 3.41. The van der Waals surface area contributed by atoms with Gasteiger partial charge in [0.25, 0.3) is 5.95 Å². The summed E-state index contributed by atoms with van der Waals surface area (Å²) in [6.07, 6.45) is 1.36. The Kier molecular flexibility index (Phi) is 3.91. The fourth-order valence-electron chi connectivity index (χ4n) is 2.61. The number of tetrazole rings is 1. The zero-order valence-corrected chi connectivity index (χ0v) is 13.3. The van der Waals surface area contributed by atoms with Gasteiger partial charge in [0, 0.05) is 12.3 Å². The molecule has 24 heavy (non-hydrogen) atoms. The first-order valence-electron chi connectivity index (χ1n) is 6.98. The van der Waals surface area contributed by atoms with Crippen LogP contribution in [0.4, 0.5) is 5.95 Å². The van der Waals surface area contributed by atoms with Gasteiger partial charge in [0.15, 0.2) is 0 Å². The van der Waals surface area contributed by atoms with Gasteiger partial charge in [-0.05, 0) is 5.21 Å². The number of anilines is 1. The molecule has 0 bridgehead atoms.